The molecular formula is C16H20ClN3S. The largest absolute Gasteiger partial charge is 0.353 e. The second-order valence-electron chi connectivity index (χ2n) is 6.10. The fraction of sp³-hybridized carbons (Fsp3) is 0.625. The summed E-state index contributed by atoms with van der Waals surface area (Å²) >= 11 is 8.04. The third-order valence-electron chi connectivity index (χ3n) is 4.89. The zero-order valence-corrected chi connectivity index (χ0v) is 13.9. The molecule has 1 fully saturated rings. The number of piperidine rings is 1. The maximum absolute atomic E-state index is 6.21. The van der Waals surface area contributed by atoms with Gasteiger partial charge in [-0.05, 0) is 62.1 Å². The van der Waals surface area contributed by atoms with E-state index in [1.54, 1.807) is 0 Å². The van der Waals surface area contributed by atoms with E-state index < -0.39 is 0 Å². The summed E-state index contributed by atoms with van der Waals surface area (Å²) in [6.45, 7) is 3.38. The van der Waals surface area contributed by atoms with Crippen molar-refractivity contribution in [1.82, 2.24) is 9.97 Å². The van der Waals surface area contributed by atoms with Crippen LogP contribution in [0.15, 0.2) is 0 Å². The molecule has 0 saturated carbocycles. The van der Waals surface area contributed by atoms with Crippen molar-refractivity contribution in [2.75, 3.05) is 11.4 Å². The van der Waals surface area contributed by atoms with Crippen molar-refractivity contribution in [3.8, 4) is 0 Å². The molecular weight excluding hydrogens is 302 g/mol. The first kappa shape index (κ1) is 13.8. The first-order chi connectivity index (χ1) is 10.3. The molecule has 1 aliphatic heterocycles. The Morgan fingerprint density at radius 1 is 1.24 bits per heavy atom. The molecule has 1 saturated heterocycles. The van der Waals surface area contributed by atoms with Crippen LogP contribution in [-0.4, -0.2) is 22.6 Å². The highest BCUT2D eigenvalue weighted by Crippen LogP contribution is 2.42. The first-order valence-corrected chi connectivity index (χ1v) is 9.21. The monoisotopic (exact) mass is 321 g/mol. The fourth-order valence-corrected chi connectivity index (χ4v) is 5.33. The number of hydrogen-bond acceptors (Lipinski definition) is 4. The summed E-state index contributed by atoms with van der Waals surface area (Å²) < 4.78 is 0. The fourth-order valence-electron chi connectivity index (χ4n) is 3.86. The lowest BCUT2D eigenvalue weighted by Gasteiger charge is -2.36. The lowest BCUT2D eigenvalue weighted by molar-refractivity contribution is 0.448. The molecule has 0 spiro atoms. The second kappa shape index (κ2) is 5.40. The van der Waals surface area contributed by atoms with Crippen LogP contribution in [0.25, 0.3) is 10.2 Å². The molecule has 112 valence electrons. The topological polar surface area (TPSA) is 29.0 Å². The third kappa shape index (κ3) is 2.23. The number of rotatable bonds is 2. The molecule has 2 aromatic rings. The summed E-state index contributed by atoms with van der Waals surface area (Å²) in [5.41, 5.74) is 1.50. The number of halogens is 1. The molecule has 21 heavy (non-hydrogen) atoms. The normalized spacial score (nSPS) is 22.0. The molecule has 1 unspecified atom stereocenters. The van der Waals surface area contributed by atoms with E-state index in [4.69, 9.17) is 11.6 Å². The maximum Gasteiger partial charge on any atom is 0.225 e. The van der Waals surface area contributed by atoms with Gasteiger partial charge in [-0.2, -0.15) is 4.98 Å². The van der Waals surface area contributed by atoms with Gasteiger partial charge in [-0.1, -0.05) is 6.92 Å². The van der Waals surface area contributed by atoms with Crippen LogP contribution < -0.4 is 4.90 Å². The summed E-state index contributed by atoms with van der Waals surface area (Å²) in [4.78, 5) is 14.3. The minimum absolute atomic E-state index is 0.401. The molecule has 1 aliphatic carbocycles. The van der Waals surface area contributed by atoms with Gasteiger partial charge < -0.3 is 4.90 Å². The van der Waals surface area contributed by atoms with E-state index in [1.807, 2.05) is 11.3 Å². The van der Waals surface area contributed by atoms with Crippen LogP contribution in [0.5, 0.6) is 0 Å². The van der Waals surface area contributed by atoms with Crippen LogP contribution in [0.1, 0.15) is 49.5 Å². The van der Waals surface area contributed by atoms with E-state index in [2.05, 4.69) is 21.8 Å². The molecule has 0 N–H and O–H groups in total. The van der Waals surface area contributed by atoms with Gasteiger partial charge in [0.25, 0.3) is 0 Å². The smallest absolute Gasteiger partial charge is 0.225 e. The van der Waals surface area contributed by atoms with Gasteiger partial charge in [0.1, 0.15) is 10.6 Å². The van der Waals surface area contributed by atoms with Crippen LogP contribution in [0.3, 0.4) is 0 Å². The van der Waals surface area contributed by atoms with Crippen molar-refractivity contribution in [3.63, 3.8) is 0 Å². The minimum Gasteiger partial charge on any atom is -0.353 e. The number of anilines is 1. The van der Waals surface area contributed by atoms with Gasteiger partial charge in [0, 0.05) is 17.5 Å². The maximum atomic E-state index is 6.21. The van der Waals surface area contributed by atoms with E-state index in [0.717, 1.165) is 17.2 Å². The van der Waals surface area contributed by atoms with Gasteiger partial charge in [0.05, 0.1) is 5.39 Å². The van der Waals surface area contributed by atoms with Crippen LogP contribution in [0, 0.1) is 0 Å². The second-order valence-corrected chi connectivity index (χ2v) is 7.53. The molecule has 1 atom stereocenters. The molecule has 0 amide bonds. The Balaban J connectivity index is 1.90. The summed E-state index contributed by atoms with van der Waals surface area (Å²) in [5, 5.41) is 1.70. The number of fused-ring (bicyclic) bond motifs is 3. The molecule has 2 aromatic heterocycles. The van der Waals surface area contributed by atoms with Crippen LogP contribution in [0.4, 0.5) is 5.82 Å². The summed E-state index contributed by atoms with van der Waals surface area (Å²) in [5.74, 6) is 1.11. The number of aromatic nitrogens is 2. The Kier molecular flexibility index (Phi) is 3.54. The molecule has 0 bridgehead atoms. The predicted molar refractivity (Wildman–Crippen MR) is 89.7 cm³/mol. The molecule has 3 nitrogen and oxygen atoms in total. The first-order valence-electron chi connectivity index (χ1n) is 8.02. The van der Waals surface area contributed by atoms with E-state index in [0.29, 0.717) is 11.3 Å². The Morgan fingerprint density at radius 2 is 2.14 bits per heavy atom. The highest BCUT2D eigenvalue weighted by atomic mass is 35.5. The van der Waals surface area contributed by atoms with E-state index in [-0.39, 0.29) is 0 Å². The lowest BCUT2D eigenvalue weighted by atomic mass is 9.99. The van der Waals surface area contributed by atoms with Crippen molar-refractivity contribution >= 4 is 39.0 Å². The Hall–Kier alpha value is -0.870. The Morgan fingerprint density at radius 3 is 3.00 bits per heavy atom. The standard InChI is InChI=1S/C16H20ClN3S/c1-2-10-6-3-4-9-20(10)14-13-11-7-5-8-12(11)21-15(13)19-16(17)18-14/h10H,2-9H2,1H3. The molecule has 0 aromatic carbocycles. The summed E-state index contributed by atoms with van der Waals surface area (Å²) in [6.07, 6.45) is 8.69. The van der Waals surface area contributed by atoms with E-state index >= 15 is 0 Å². The van der Waals surface area contributed by atoms with E-state index in [1.165, 1.54) is 60.8 Å². The van der Waals surface area contributed by atoms with Crippen molar-refractivity contribution in [1.29, 1.82) is 0 Å². The van der Waals surface area contributed by atoms with E-state index in [9.17, 15) is 0 Å². The van der Waals surface area contributed by atoms with Crippen LogP contribution in [0.2, 0.25) is 5.28 Å². The van der Waals surface area contributed by atoms with Crippen molar-refractivity contribution in [2.24, 2.45) is 0 Å². The average molecular weight is 322 g/mol. The van der Waals surface area contributed by atoms with Gasteiger partial charge in [0.2, 0.25) is 5.28 Å². The molecule has 5 heteroatoms. The van der Waals surface area contributed by atoms with Crippen LogP contribution >= 0.6 is 22.9 Å². The number of hydrogen-bond donors (Lipinski definition) is 0. The number of aryl methyl sites for hydroxylation is 2. The van der Waals surface area contributed by atoms with Gasteiger partial charge in [0.15, 0.2) is 0 Å². The average Bonchev–Trinajstić information content (AvgIpc) is 3.06. The molecule has 3 heterocycles. The third-order valence-corrected chi connectivity index (χ3v) is 6.24. The number of nitrogens with zero attached hydrogens (tertiary/aromatic N) is 3. The predicted octanol–water partition coefficient (Wildman–Crippen LogP) is 4.60. The van der Waals surface area contributed by atoms with Gasteiger partial charge in [-0.15, -0.1) is 11.3 Å². The van der Waals surface area contributed by atoms with Gasteiger partial charge >= 0.3 is 0 Å². The Bertz CT molecular complexity index is 682. The zero-order valence-electron chi connectivity index (χ0n) is 12.4. The highest BCUT2D eigenvalue weighted by molar-refractivity contribution is 7.19. The summed E-state index contributed by atoms with van der Waals surface area (Å²) in [6, 6.07) is 0.602. The highest BCUT2D eigenvalue weighted by Gasteiger charge is 2.28. The van der Waals surface area contributed by atoms with Gasteiger partial charge in [-0.3, -0.25) is 0 Å². The Labute approximate surface area is 134 Å². The molecule has 2 aliphatic rings. The summed E-state index contributed by atoms with van der Waals surface area (Å²) in [7, 11) is 0. The van der Waals surface area contributed by atoms with Crippen molar-refractivity contribution in [2.45, 2.75) is 57.9 Å². The SMILES string of the molecule is CCC1CCCCN1c1nc(Cl)nc2sc3c(c12)CCC3. The minimum atomic E-state index is 0.401. The van der Waals surface area contributed by atoms with Crippen molar-refractivity contribution in [3.05, 3.63) is 15.7 Å². The van der Waals surface area contributed by atoms with Crippen molar-refractivity contribution < 1.29 is 0 Å². The van der Waals surface area contributed by atoms with Gasteiger partial charge in [-0.25, -0.2) is 4.98 Å². The van der Waals surface area contributed by atoms with Crippen LogP contribution in [-0.2, 0) is 12.8 Å². The number of thiophene rings is 1. The molecule has 0 radical (unpaired) electrons. The lowest BCUT2D eigenvalue weighted by Crippen LogP contribution is -2.39. The molecule has 4 rings (SSSR count). The quantitative estimate of drug-likeness (QED) is 0.757. The zero-order chi connectivity index (χ0) is 14.4.